The van der Waals surface area contributed by atoms with Gasteiger partial charge >= 0.3 is 12.0 Å². The highest BCUT2D eigenvalue weighted by Gasteiger charge is 2.26. The molecule has 0 spiro atoms. The number of urea groups is 1. The van der Waals surface area contributed by atoms with E-state index in [1.165, 1.54) is 12.1 Å². The summed E-state index contributed by atoms with van der Waals surface area (Å²) in [7, 11) is 0. The Balaban J connectivity index is 2.13. The summed E-state index contributed by atoms with van der Waals surface area (Å²) >= 11 is 5.83. The van der Waals surface area contributed by atoms with Gasteiger partial charge in [0.2, 0.25) is 0 Å². The van der Waals surface area contributed by atoms with E-state index in [9.17, 15) is 9.59 Å². The van der Waals surface area contributed by atoms with Crippen LogP contribution in [0, 0.1) is 5.92 Å². The molecule has 20 heavy (non-hydrogen) atoms. The van der Waals surface area contributed by atoms with Crippen molar-refractivity contribution in [2.45, 2.75) is 6.42 Å². The van der Waals surface area contributed by atoms with Crippen LogP contribution in [-0.4, -0.2) is 46.8 Å². The molecular weight excluding hydrogens is 284 g/mol. The third-order valence-electron chi connectivity index (χ3n) is 3.30. The Morgan fingerprint density at radius 3 is 2.80 bits per heavy atom. The van der Waals surface area contributed by atoms with E-state index in [0.29, 0.717) is 13.1 Å². The Labute approximate surface area is 121 Å². The number of hydrogen-bond acceptors (Lipinski definition) is 3. The molecule has 2 rings (SSSR count). The number of carbonyl (C=O) groups excluding carboxylic acids is 1. The van der Waals surface area contributed by atoms with Crippen molar-refractivity contribution in [3.63, 3.8) is 0 Å². The van der Waals surface area contributed by atoms with Crippen LogP contribution in [0.4, 0.5) is 10.5 Å². The van der Waals surface area contributed by atoms with E-state index in [0.717, 1.165) is 6.42 Å². The first kappa shape index (κ1) is 14.6. The Kier molecular flexibility index (Phi) is 4.46. The van der Waals surface area contributed by atoms with Crippen molar-refractivity contribution in [1.82, 2.24) is 4.90 Å². The molecule has 1 unspecified atom stereocenters. The minimum atomic E-state index is -1.19. The zero-order chi connectivity index (χ0) is 14.7. The summed E-state index contributed by atoms with van der Waals surface area (Å²) in [6.07, 6.45) is 0.741. The Bertz CT molecular complexity index is 535. The van der Waals surface area contributed by atoms with Gasteiger partial charge in [-0.15, -0.1) is 0 Å². The van der Waals surface area contributed by atoms with Gasteiger partial charge in [-0.3, -0.25) is 0 Å². The number of halogens is 1. The van der Waals surface area contributed by atoms with Crippen LogP contribution in [0.1, 0.15) is 16.8 Å². The highest BCUT2D eigenvalue weighted by molar-refractivity contribution is 6.34. The number of likely N-dealkylation sites (tertiary alicyclic amines) is 1. The van der Waals surface area contributed by atoms with Crippen molar-refractivity contribution in [2.75, 3.05) is 25.0 Å². The number of amides is 2. The van der Waals surface area contributed by atoms with Crippen LogP contribution in [0.2, 0.25) is 5.02 Å². The SMILES string of the molecule is O=C(O)c1c(Cl)cccc1NC(=O)N1CCC(CO)C1. The summed E-state index contributed by atoms with van der Waals surface area (Å²) < 4.78 is 0. The van der Waals surface area contributed by atoms with Crippen LogP contribution in [0.3, 0.4) is 0 Å². The molecule has 1 saturated heterocycles. The summed E-state index contributed by atoms with van der Waals surface area (Å²) in [5.41, 5.74) is 0.0443. The molecule has 108 valence electrons. The molecule has 1 aliphatic heterocycles. The first-order valence-electron chi connectivity index (χ1n) is 6.21. The zero-order valence-corrected chi connectivity index (χ0v) is 11.4. The van der Waals surface area contributed by atoms with E-state index in [1.807, 2.05) is 0 Å². The molecule has 1 aromatic rings. The molecule has 0 bridgehead atoms. The molecule has 1 aromatic carbocycles. The van der Waals surface area contributed by atoms with Crippen molar-refractivity contribution < 1.29 is 19.8 Å². The number of carboxylic acid groups (broad SMARTS) is 1. The van der Waals surface area contributed by atoms with E-state index in [1.54, 1.807) is 11.0 Å². The second-order valence-electron chi connectivity index (χ2n) is 4.68. The minimum absolute atomic E-state index is 0.0430. The number of aromatic carboxylic acids is 1. The molecule has 0 aromatic heterocycles. The second kappa shape index (κ2) is 6.11. The Hall–Kier alpha value is -1.79. The smallest absolute Gasteiger partial charge is 0.339 e. The van der Waals surface area contributed by atoms with Crippen molar-refractivity contribution in [2.24, 2.45) is 5.92 Å². The van der Waals surface area contributed by atoms with Gasteiger partial charge in [0.05, 0.1) is 10.7 Å². The molecule has 1 aliphatic rings. The third-order valence-corrected chi connectivity index (χ3v) is 3.62. The van der Waals surface area contributed by atoms with Crippen LogP contribution in [0.15, 0.2) is 18.2 Å². The molecular formula is C13H15ClN2O4. The number of rotatable bonds is 3. The number of carboxylic acids is 1. The van der Waals surface area contributed by atoms with E-state index < -0.39 is 5.97 Å². The lowest BCUT2D eigenvalue weighted by atomic mass is 10.1. The van der Waals surface area contributed by atoms with E-state index in [2.05, 4.69) is 5.32 Å². The number of aliphatic hydroxyl groups is 1. The first-order chi connectivity index (χ1) is 9.52. The quantitative estimate of drug-likeness (QED) is 0.795. The topological polar surface area (TPSA) is 89.9 Å². The monoisotopic (exact) mass is 298 g/mol. The third kappa shape index (κ3) is 3.02. The zero-order valence-electron chi connectivity index (χ0n) is 10.7. The molecule has 7 heteroatoms. The number of aliphatic hydroxyl groups excluding tert-OH is 1. The predicted molar refractivity (Wildman–Crippen MR) is 74.2 cm³/mol. The number of nitrogens with zero attached hydrogens (tertiary/aromatic N) is 1. The molecule has 0 aliphatic carbocycles. The fourth-order valence-corrected chi connectivity index (χ4v) is 2.46. The molecule has 0 saturated carbocycles. The number of carbonyl (C=O) groups is 2. The molecule has 6 nitrogen and oxygen atoms in total. The lowest BCUT2D eigenvalue weighted by Gasteiger charge is -2.18. The highest BCUT2D eigenvalue weighted by atomic mass is 35.5. The number of benzene rings is 1. The lowest BCUT2D eigenvalue weighted by molar-refractivity contribution is 0.0698. The largest absolute Gasteiger partial charge is 0.478 e. The van der Waals surface area contributed by atoms with E-state index in [-0.39, 0.29) is 34.8 Å². The van der Waals surface area contributed by atoms with Crippen LogP contribution in [-0.2, 0) is 0 Å². The molecule has 1 heterocycles. The average molecular weight is 299 g/mol. The highest BCUT2D eigenvalue weighted by Crippen LogP contribution is 2.25. The van der Waals surface area contributed by atoms with Gasteiger partial charge in [-0.2, -0.15) is 0 Å². The molecule has 1 fully saturated rings. The standard InChI is InChI=1S/C13H15ClN2O4/c14-9-2-1-3-10(11(9)12(18)19)15-13(20)16-5-4-8(6-16)7-17/h1-3,8,17H,4-7H2,(H,15,20)(H,18,19). The van der Waals surface area contributed by atoms with Crippen LogP contribution >= 0.6 is 11.6 Å². The fourth-order valence-electron chi connectivity index (χ4n) is 2.21. The summed E-state index contributed by atoms with van der Waals surface area (Å²) in [6, 6.07) is 4.14. The van der Waals surface area contributed by atoms with Gasteiger partial charge in [0.15, 0.2) is 0 Å². The van der Waals surface area contributed by atoms with Gasteiger partial charge in [-0.25, -0.2) is 9.59 Å². The maximum atomic E-state index is 12.1. The summed E-state index contributed by atoms with van der Waals surface area (Å²) in [6.45, 7) is 1.05. The molecule has 0 radical (unpaired) electrons. The maximum Gasteiger partial charge on any atom is 0.339 e. The molecule has 3 N–H and O–H groups in total. The van der Waals surface area contributed by atoms with Crippen molar-refractivity contribution in [1.29, 1.82) is 0 Å². The number of hydrogen-bond donors (Lipinski definition) is 3. The van der Waals surface area contributed by atoms with Gasteiger partial charge < -0.3 is 20.4 Å². The Morgan fingerprint density at radius 2 is 2.20 bits per heavy atom. The van der Waals surface area contributed by atoms with Crippen LogP contribution in [0.5, 0.6) is 0 Å². The van der Waals surface area contributed by atoms with Crippen LogP contribution in [0.25, 0.3) is 0 Å². The van der Waals surface area contributed by atoms with Gasteiger partial charge in [0.1, 0.15) is 5.56 Å². The fraction of sp³-hybridized carbons (Fsp3) is 0.385. The van der Waals surface area contributed by atoms with Gasteiger partial charge in [-0.1, -0.05) is 17.7 Å². The minimum Gasteiger partial charge on any atom is -0.478 e. The maximum absolute atomic E-state index is 12.1. The lowest BCUT2D eigenvalue weighted by Crippen LogP contribution is -2.33. The number of nitrogens with one attached hydrogen (secondary N) is 1. The second-order valence-corrected chi connectivity index (χ2v) is 5.09. The van der Waals surface area contributed by atoms with Crippen molar-refractivity contribution >= 4 is 29.3 Å². The van der Waals surface area contributed by atoms with Crippen LogP contribution < -0.4 is 5.32 Å². The average Bonchev–Trinajstić information content (AvgIpc) is 2.87. The molecule has 1 atom stereocenters. The van der Waals surface area contributed by atoms with E-state index in [4.69, 9.17) is 21.8 Å². The van der Waals surface area contributed by atoms with Gasteiger partial charge in [0, 0.05) is 25.6 Å². The summed E-state index contributed by atoms with van der Waals surface area (Å²) in [5, 5.41) is 20.8. The van der Waals surface area contributed by atoms with Gasteiger partial charge in [-0.05, 0) is 18.6 Å². The summed E-state index contributed by atoms with van der Waals surface area (Å²) in [5.74, 6) is -1.11. The predicted octanol–water partition coefficient (Wildman–Crippen LogP) is 1.88. The van der Waals surface area contributed by atoms with E-state index >= 15 is 0 Å². The number of anilines is 1. The normalized spacial score (nSPS) is 18.1. The molecule has 2 amide bonds. The van der Waals surface area contributed by atoms with Crippen molar-refractivity contribution in [3.05, 3.63) is 28.8 Å². The first-order valence-corrected chi connectivity index (χ1v) is 6.59. The van der Waals surface area contributed by atoms with Crippen molar-refractivity contribution in [3.8, 4) is 0 Å². The Morgan fingerprint density at radius 1 is 1.45 bits per heavy atom. The summed E-state index contributed by atoms with van der Waals surface area (Å²) in [4.78, 5) is 24.8. The van der Waals surface area contributed by atoms with Gasteiger partial charge in [0.25, 0.3) is 0 Å².